The second kappa shape index (κ2) is 4.63. The van der Waals surface area contributed by atoms with Crippen LogP contribution in [0.25, 0.3) is 0 Å². The van der Waals surface area contributed by atoms with E-state index in [1.807, 2.05) is 0 Å². The standard InChI is InChI=1S/C6H14N2O3/c9-3-6(10)4-11-8-5-1-7-2-5/h5-10H,1-4H2/t6-/m0/s1. The first-order valence-corrected chi connectivity index (χ1v) is 3.70. The largest absolute Gasteiger partial charge is 0.394 e. The van der Waals surface area contributed by atoms with Gasteiger partial charge in [-0.3, -0.25) is 4.84 Å². The first-order valence-electron chi connectivity index (χ1n) is 3.70. The summed E-state index contributed by atoms with van der Waals surface area (Å²) in [5.74, 6) is 0. The molecule has 0 aromatic rings. The molecule has 1 fully saturated rings. The first kappa shape index (κ1) is 8.89. The molecule has 1 aliphatic heterocycles. The molecule has 1 rings (SSSR count). The second-order valence-corrected chi connectivity index (χ2v) is 2.62. The van der Waals surface area contributed by atoms with E-state index in [-0.39, 0.29) is 13.2 Å². The average molecular weight is 162 g/mol. The fourth-order valence-electron chi connectivity index (χ4n) is 0.687. The monoisotopic (exact) mass is 162 g/mol. The molecule has 4 N–H and O–H groups in total. The van der Waals surface area contributed by atoms with E-state index in [2.05, 4.69) is 10.8 Å². The van der Waals surface area contributed by atoms with Gasteiger partial charge in [0.25, 0.3) is 0 Å². The van der Waals surface area contributed by atoms with Gasteiger partial charge in [-0.25, -0.2) is 0 Å². The maximum atomic E-state index is 8.83. The Morgan fingerprint density at radius 2 is 2.36 bits per heavy atom. The Kier molecular flexibility index (Phi) is 3.74. The first-order chi connectivity index (χ1) is 5.33. The summed E-state index contributed by atoms with van der Waals surface area (Å²) in [6, 6.07) is 0.348. The van der Waals surface area contributed by atoms with E-state index in [1.165, 1.54) is 0 Å². The van der Waals surface area contributed by atoms with Crippen molar-refractivity contribution < 1.29 is 15.1 Å². The summed E-state index contributed by atoms with van der Waals surface area (Å²) in [5.41, 5.74) is 2.75. The van der Waals surface area contributed by atoms with E-state index in [9.17, 15) is 0 Å². The molecule has 1 saturated heterocycles. The van der Waals surface area contributed by atoms with Crippen LogP contribution in [-0.2, 0) is 4.84 Å². The van der Waals surface area contributed by atoms with Crippen LogP contribution < -0.4 is 10.8 Å². The summed E-state index contributed by atoms with van der Waals surface area (Å²) in [6.07, 6.45) is -0.782. The quantitative estimate of drug-likeness (QED) is 0.346. The minimum absolute atomic E-state index is 0.132. The molecule has 0 aromatic heterocycles. The van der Waals surface area contributed by atoms with Crippen molar-refractivity contribution in [3.8, 4) is 0 Å². The summed E-state index contributed by atoms with van der Waals surface area (Å²) in [7, 11) is 0. The third kappa shape index (κ3) is 3.13. The Bertz CT molecular complexity index is 103. The molecule has 0 aliphatic carbocycles. The van der Waals surface area contributed by atoms with Crippen molar-refractivity contribution in [2.75, 3.05) is 26.3 Å². The maximum Gasteiger partial charge on any atom is 0.102 e. The Morgan fingerprint density at radius 1 is 1.64 bits per heavy atom. The Morgan fingerprint density at radius 3 is 2.82 bits per heavy atom. The molecule has 0 bridgehead atoms. The van der Waals surface area contributed by atoms with E-state index in [1.54, 1.807) is 0 Å². The van der Waals surface area contributed by atoms with Crippen LogP contribution in [0.1, 0.15) is 0 Å². The zero-order valence-electron chi connectivity index (χ0n) is 6.29. The molecule has 5 nitrogen and oxygen atoms in total. The number of hydrogen-bond acceptors (Lipinski definition) is 5. The van der Waals surface area contributed by atoms with Gasteiger partial charge in [-0.2, -0.15) is 5.48 Å². The van der Waals surface area contributed by atoms with Crippen LogP contribution in [0.5, 0.6) is 0 Å². The van der Waals surface area contributed by atoms with Gasteiger partial charge < -0.3 is 15.5 Å². The van der Waals surface area contributed by atoms with Gasteiger partial charge in [0.15, 0.2) is 0 Å². The number of hydroxylamine groups is 1. The minimum Gasteiger partial charge on any atom is -0.394 e. The topological polar surface area (TPSA) is 73.8 Å². The predicted octanol–water partition coefficient (Wildman–Crippen LogP) is -2.17. The molecule has 1 atom stereocenters. The number of nitrogens with one attached hydrogen (secondary N) is 2. The number of aliphatic hydroxyl groups excluding tert-OH is 2. The second-order valence-electron chi connectivity index (χ2n) is 2.62. The highest BCUT2D eigenvalue weighted by Gasteiger charge is 2.16. The van der Waals surface area contributed by atoms with E-state index in [0.717, 1.165) is 13.1 Å². The van der Waals surface area contributed by atoms with E-state index in [4.69, 9.17) is 15.1 Å². The normalized spacial score (nSPS) is 21.3. The van der Waals surface area contributed by atoms with Gasteiger partial charge >= 0.3 is 0 Å². The van der Waals surface area contributed by atoms with Crippen LogP contribution in [0.4, 0.5) is 0 Å². The Balaban J connectivity index is 1.86. The molecule has 0 amide bonds. The van der Waals surface area contributed by atoms with Crippen LogP contribution >= 0.6 is 0 Å². The van der Waals surface area contributed by atoms with Crippen molar-refractivity contribution in [1.29, 1.82) is 0 Å². The molecule has 1 heterocycles. The minimum atomic E-state index is -0.782. The lowest BCUT2D eigenvalue weighted by atomic mass is 10.2. The molecule has 0 aromatic carbocycles. The van der Waals surface area contributed by atoms with Crippen molar-refractivity contribution in [3.05, 3.63) is 0 Å². The molecular weight excluding hydrogens is 148 g/mol. The average Bonchev–Trinajstić information content (AvgIpc) is 1.94. The molecule has 66 valence electrons. The number of aliphatic hydroxyl groups is 2. The molecule has 0 radical (unpaired) electrons. The molecule has 5 heteroatoms. The maximum absolute atomic E-state index is 8.83. The highest BCUT2D eigenvalue weighted by atomic mass is 16.7. The van der Waals surface area contributed by atoms with Gasteiger partial charge in [-0.15, -0.1) is 0 Å². The lowest BCUT2D eigenvalue weighted by Crippen LogP contribution is -2.55. The highest BCUT2D eigenvalue weighted by molar-refractivity contribution is 4.78. The third-order valence-corrected chi connectivity index (χ3v) is 1.52. The van der Waals surface area contributed by atoms with Crippen molar-refractivity contribution in [2.45, 2.75) is 12.1 Å². The van der Waals surface area contributed by atoms with Gasteiger partial charge in [0, 0.05) is 13.1 Å². The van der Waals surface area contributed by atoms with Crippen LogP contribution in [0.2, 0.25) is 0 Å². The number of hydrogen-bond donors (Lipinski definition) is 4. The zero-order valence-corrected chi connectivity index (χ0v) is 6.29. The summed E-state index contributed by atoms with van der Waals surface area (Å²) < 4.78 is 0. The molecule has 1 aliphatic rings. The Labute approximate surface area is 65.3 Å². The van der Waals surface area contributed by atoms with Gasteiger partial charge in [0.2, 0.25) is 0 Å². The molecule has 11 heavy (non-hydrogen) atoms. The highest BCUT2D eigenvalue weighted by Crippen LogP contribution is 1.90. The van der Waals surface area contributed by atoms with Crippen molar-refractivity contribution in [1.82, 2.24) is 10.8 Å². The molecule has 0 spiro atoms. The predicted molar refractivity (Wildman–Crippen MR) is 38.8 cm³/mol. The third-order valence-electron chi connectivity index (χ3n) is 1.52. The summed E-state index contributed by atoms with van der Waals surface area (Å²) in [6.45, 7) is 1.67. The smallest absolute Gasteiger partial charge is 0.102 e. The lowest BCUT2D eigenvalue weighted by Gasteiger charge is -2.27. The summed E-state index contributed by atoms with van der Waals surface area (Å²) in [5, 5.41) is 20.3. The summed E-state index contributed by atoms with van der Waals surface area (Å²) in [4.78, 5) is 4.89. The van der Waals surface area contributed by atoms with Gasteiger partial charge in [-0.05, 0) is 0 Å². The fraction of sp³-hybridized carbons (Fsp3) is 1.00. The lowest BCUT2D eigenvalue weighted by molar-refractivity contribution is -0.0557. The van der Waals surface area contributed by atoms with Crippen LogP contribution in [0.15, 0.2) is 0 Å². The van der Waals surface area contributed by atoms with Gasteiger partial charge in [0.1, 0.15) is 6.10 Å². The van der Waals surface area contributed by atoms with Gasteiger partial charge in [-0.1, -0.05) is 0 Å². The van der Waals surface area contributed by atoms with E-state index < -0.39 is 6.10 Å². The van der Waals surface area contributed by atoms with Crippen molar-refractivity contribution in [2.24, 2.45) is 0 Å². The van der Waals surface area contributed by atoms with Crippen molar-refractivity contribution in [3.63, 3.8) is 0 Å². The zero-order chi connectivity index (χ0) is 8.10. The van der Waals surface area contributed by atoms with Gasteiger partial charge in [0.05, 0.1) is 19.3 Å². The fourth-order valence-corrected chi connectivity index (χ4v) is 0.687. The molecular formula is C6H14N2O3. The van der Waals surface area contributed by atoms with E-state index in [0.29, 0.717) is 6.04 Å². The SMILES string of the molecule is OC[C@H](O)CONC1CNC1. The number of rotatable bonds is 5. The van der Waals surface area contributed by atoms with Crippen LogP contribution in [0, 0.1) is 0 Å². The van der Waals surface area contributed by atoms with E-state index >= 15 is 0 Å². The van der Waals surface area contributed by atoms with Crippen LogP contribution in [0.3, 0.4) is 0 Å². The summed E-state index contributed by atoms with van der Waals surface area (Å²) >= 11 is 0. The Hall–Kier alpha value is -0.200. The van der Waals surface area contributed by atoms with Crippen molar-refractivity contribution >= 4 is 0 Å². The molecule has 0 unspecified atom stereocenters. The molecule has 0 saturated carbocycles. The van der Waals surface area contributed by atoms with Crippen LogP contribution in [-0.4, -0.2) is 48.7 Å².